The van der Waals surface area contributed by atoms with Crippen LogP contribution in [0.5, 0.6) is 0 Å². The highest BCUT2D eigenvalue weighted by molar-refractivity contribution is 5.94. The number of benzene rings is 3. The van der Waals surface area contributed by atoms with Gasteiger partial charge in [-0.2, -0.15) is 0 Å². The molecule has 0 aromatic heterocycles. The van der Waals surface area contributed by atoms with E-state index in [1.807, 2.05) is 0 Å². The number of allylic oxidation sites excluding steroid dienone is 16. The molecule has 246 valence electrons. The number of hydrogen-bond donors (Lipinski definition) is 1. The standard InChI is InChI=1S/C48H44N2/c1-48(2)43-20-12-11-19-42(43)46-44(48)31-37-17-9-10-18-41(37)47(46)45-30-29-40(32-49-45)50(38-25-21-35(22-26-38)33-13-5-3-6-14-33)39-27-23-36(24-28-39)34-15-7-4-8-16-34/h3-7,9-15,17-25,27-31,37-38,41,49H,8,16,26,32H2,1-2H3. The van der Waals surface area contributed by atoms with Gasteiger partial charge in [0.15, 0.2) is 0 Å². The van der Waals surface area contributed by atoms with E-state index in [0.29, 0.717) is 11.8 Å². The van der Waals surface area contributed by atoms with Gasteiger partial charge in [-0.1, -0.05) is 147 Å². The molecule has 0 saturated carbocycles. The van der Waals surface area contributed by atoms with Gasteiger partial charge < -0.3 is 10.2 Å². The van der Waals surface area contributed by atoms with Crippen LogP contribution in [0.15, 0.2) is 180 Å². The SMILES string of the molecule is CC1(C)C2=CC3C=CC=CC3C(C3=CC=C(N(c4ccc(C5=CC=CCC5)cc4)C4C=CC(c5ccccc5)=CC4)CN3)=C2c2ccccc21. The van der Waals surface area contributed by atoms with E-state index in [1.165, 1.54) is 67.2 Å². The van der Waals surface area contributed by atoms with Gasteiger partial charge in [-0.05, 0) is 93.7 Å². The van der Waals surface area contributed by atoms with Crippen molar-refractivity contribution < 1.29 is 0 Å². The Hall–Kier alpha value is -5.34. The maximum atomic E-state index is 3.98. The minimum atomic E-state index is -0.0280. The Morgan fingerprint density at radius 2 is 1.60 bits per heavy atom. The monoisotopic (exact) mass is 648 g/mol. The Bertz CT molecular complexity index is 2150. The van der Waals surface area contributed by atoms with Gasteiger partial charge in [-0.3, -0.25) is 0 Å². The van der Waals surface area contributed by atoms with E-state index in [2.05, 4.69) is 182 Å². The summed E-state index contributed by atoms with van der Waals surface area (Å²) in [4.78, 5) is 2.55. The van der Waals surface area contributed by atoms with Crippen molar-refractivity contribution >= 4 is 22.4 Å². The van der Waals surface area contributed by atoms with E-state index in [4.69, 9.17) is 0 Å². The first-order chi connectivity index (χ1) is 24.6. The first-order valence-corrected chi connectivity index (χ1v) is 18.3. The second kappa shape index (κ2) is 12.5. The van der Waals surface area contributed by atoms with Gasteiger partial charge in [0.2, 0.25) is 0 Å². The minimum Gasteiger partial charge on any atom is -0.379 e. The fraction of sp³-hybridized carbons (Fsp3) is 0.208. The van der Waals surface area contributed by atoms with Gasteiger partial charge >= 0.3 is 0 Å². The number of nitrogens with zero attached hydrogens (tertiary/aromatic N) is 1. The maximum absolute atomic E-state index is 3.98. The Balaban J connectivity index is 1.11. The van der Waals surface area contributed by atoms with E-state index in [-0.39, 0.29) is 11.5 Å². The third-order valence-electron chi connectivity index (χ3n) is 11.5. The van der Waals surface area contributed by atoms with Gasteiger partial charge in [0.1, 0.15) is 0 Å². The van der Waals surface area contributed by atoms with Crippen LogP contribution in [-0.4, -0.2) is 12.6 Å². The lowest BCUT2D eigenvalue weighted by atomic mass is 9.69. The molecule has 3 atom stereocenters. The molecule has 1 heterocycles. The molecule has 0 saturated heterocycles. The lowest BCUT2D eigenvalue weighted by Gasteiger charge is -2.39. The first kappa shape index (κ1) is 30.7. The van der Waals surface area contributed by atoms with Crippen molar-refractivity contribution in [2.24, 2.45) is 11.8 Å². The van der Waals surface area contributed by atoms with Crippen molar-refractivity contribution in [3.05, 3.63) is 203 Å². The molecule has 0 radical (unpaired) electrons. The summed E-state index contributed by atoms with van der Waals surface area (Å²) in [5.74, 6) is 0.669. The van der Waals surface area contributed by atoms with E-state index in [0.717, 1.165) is 25.8 Å². The van der Waals surface area contributed by atoms with Gasteiger partial charge in [0.05, 0.1) is 12.6 Å². The van der Waals surface area contributed by atoms with Gasteiger partial charge in [0.25, 0.3) is 0 Å². The first-order valence-electron chi connectivity index (χ1n) is 18.3. The van der Waals surface area contributed by atoms with E-state index >= 15 is 0 Å². The maximum Gasteiger partial charge on any atom is 0.0557 e. The number of dihydropyridines is 1. The average molecular weight is 649 g/mol. The molecule has 0 bridgehead atoms. The quantitative estimate of drug-likeness (QED) is 0.286. The largest absolute Gasteiger partial charge is 0.379 e. The molecular formula is C48H44N2. The molecule has 0 amide bonds. The minimum absolute atomic E-state index is 0.0280. The van der Waals surface area contributed by atoms with Crippen LogP contribution < -0.4 is 10.2 Å². The normalized spacial score (nSPS) is 24.2. The van der Waals surface area contributed by atoms with Crippen molar-refractivity contribution in [1.82, 2.24) is 5.32 Å². The summed E-state index contributed by atoms with van der Waals surface area (Å²) < 4.78 is 0. The zero-order valence-electron chi connectivity index (χ0n) is 29.0. The van der Waals surface area contributed by atoms with Crippen LogP contribution in [0.25, 0.3) is 16.7 Å². The summed E-state index contributed by atoms with van der Waals surface area (Å²) in [6.07, 6.45) is 33.5. The van der Waals surface area contributed by atoms with Gasteiger partial charge in [0, 0.05) is 34.3 Å². The van der Waals surface area contributed by atoms with Crippen molar-refractivity contribution in [2.75, 3.05) is 11.4 Å². The van der Waals surface area contributed by atoms with Crippen molar-refractivity contribution in [3.63, 3.8) is 0 Å². The molecule has 1 N–H and O–H groups in total. The number of hydrogen-bond acceptors (Lipinski definition) is 2. The average Bonchev–Trinajstić information content (AvgIpc) is 3.41. The molecule has 2 heteroatoms. The van der Waals surface area contributed by atoms with E-state index < -0.39 is 0 Å². The lowest BCUT2D eigenvalue weighted by molar-refractivity contribution is 0.586. The zero-order valence-corrected chi connectivity index (χ0v) is 29.0. The van der Waals surface area contributed by atoms with E-state index in [9.17, 15) is 0 Å². The van der Waals surface area contributed by atoms with Crippen molar-refractivity contribution in [3.8, 4) is 0 Å². The van der Waals surface area contributed by atoms with Crippen LogP contribution in [-0.2, 0) is 5.41 Å². The van der Waals surface area contributed by atoms with Crippen LogP contribution in [0, 0.1) is 11.8 Å². The number of nitrogens with one attached hydrogen (secondary N) is 1. The summed E-state index contributed by atoms with van der Waals surface area (Å²) in [5, 5.41) is 3.98. The second-order valence-electron chi connectivity index (χ2n) is 14.8. The summed E-state index contributed by atoms with van der Waals surface area (Å²) in [5.41, 5.74) is 16.2. The van der Waals surface area contributed by atoms with Crippen LogP contribution in [0.1, 0.15) is 55.4 Å². The molecule has 3 aromatic carbocycles. The van der Waals surface area contributed by atoms with Crippen LogP contribution in [0.2, 0.25) is 0 Å². The predicted molar refractivity (Wildman–Crippen MR) is 211 cm³/mol. The highest BCUT2D eigenvalue weighted by Crippen LogP contribution is 2.56. The molecule has 5 aliphatic carbocycles. The zero-order chi connectivity index (χ0) is 33.7. The molecule has 3 unspecified atom stereocenters. The van der Waals surface area contributed by atoms with E-state index in [1.54, 1.807) is 0 Å². The third-order valence-corrected chi connectivity index (χ3v) is 11.5. The summed E-state index contributed by atoms with van der Waals surface area (Å²) in [6.45, 7) is 5.55. The van der Waals surface area contributed by atoms with Crippen LogP contribution in [0.4, 0.5) is 5.69 Å². The fourth-order valence-electron chi connectivity index (χ4n) is 8.90. The molecule has 9 rings (SSSR count). The molecule has 0 spiro atoms. The van der Waals surface area contributed by atoms with Crippen molar-refractivity contribution in [2.45, 2.75) is 44.6 Å². The van der Waals surface area contributed by atoms with Crippen LogP contribution >= 0.6 is 0 Å². The fourth-order valence-corrected chi connectivity index (χ4v) is 8.90. The summed E-state index contributed by atoms with van der Waals surface area (Å²) in [7, 11) is 0. The van der Waals surface area contributed by atoms with Crippen LogP contribution in [0.3, 0.4) is 0 Å². The molecule has 6 aliphatic rings. The van der Waals surface area contributed by atoms with Gasteiger partial charge in [-0.25, -0.2) is 0 Å². The molecule has 1 aliphatic heterocycles. The molecule has 0 fully saturated rings. The topological polar surface area (TPSA) is 15.3 Å². The number of fused-ring (bicyclic) bond motifs is 4. The predicted octanol–water partition coefficient (Wildman–Crippen LogP) is 11.1. The molecular weight excluding hydrogens is 605 g/mol. The van der Waals surface area contributed by atoms with Gasteiger partial charge in [-0.15, -0.1) is 0 Å². The Morgan fingerprint density at radius 3 is 2.36 bits per heavy atom. The number of rotatable bonds is 6. The second-order valence-corrected chi connectivity index (χ2v) is 14.8. The number of anilines is 1. The third kappa shape index (κ3) is 5.26. The Labute approximate surface area is 297 Å². The Kier molecular flexibility index (Phi) is 7.69. The highest BCUT2D eigenvalue weighted by Gasteiger charge is 2.44. The molecule has 3 aromatic rings. The van der Waals surface area contributed by atoms with Crippen molar-refractivity contribution in [1.29, 1.82) is 0 Å². The smallest absolute Gasteiger partial charge is 0.0557 e. The summed E-state index contributed by atoms with van der Waals surface area (Å²) >= 11 is 0. The molecule has 2 nitrogen and oxygen atoms in total. The molecule has 50 heavy (non-hydrogen) atoms. The highest BCUT2D eigenvalue weighted by atomic mass is 15.2. The Morgan fingerprint density at radius 1 is 0.780 bits per heavy atom. The summed E-state index contributed by atoms with van der Waals surface area (Å²) in [6, 6.07) is 29.3. The lowest BCUT2D eigenvalue weighted by Crippen LogP contribution is -2.39.